The Bertz CT molecular complexity index is 590. The highest BCUT2D eigenvalue weighted by molar-refractivity contribution is 7.88. The summed E-state index contributed by atoms with van der Waals surface area (Å²) in [6, 6.07) is 0. The second kappa shape index (κ2) is 4.78. The monoisotopic (exact) mass is 301 g/mol. The number of nitrogens with zero attached hydrogens (tertiary/aromatic N) is 3. The minimum absolute atomic E-state index is 0.152. The van der Waals surface area contributed by atoms with Crippen molar-refractivity contribution in [1.29, 1.82) is 0 Å². The molecule has 1 atom stereocenters. The van der Waals surface area contributed by atoms with Crippen LogP contribution < -0.4 is 0 Å². The number of hydrogen-bond donors (Lipinski definition) is 0. The van der Waals surface area contributed by atoms with Crippen molar-refractivity contribution in [2.45, 2.75) is 44.3 Å². The number of aryl methyl sites for hydroxylation is 1. The van der Waals surface area contributed by atoms with Crippen LogP contribution in [0.5, 0.6) is 0 Å². The predicted octanol–water partition coefficient (Wildman–Crippen LogP) is 1.02. The molecule has 1 aromatic rings. The second-order valence-corrected chi connectivity index (χ2v) is 7.65. The molecule has 2 aliphatic rings. The third-order valence-electron chi connectivity index (χ3n) is 4.18. The predicted molar refractivity (Wildman–Crippen MR) is 70.5 cm³/mol. The van der Waals surface area contributed by atoms with Crippen molar-refractivity contribution in [3.8, 4) is 0 Å². The summed E-state index contributed by atoms with van der Waals surface area (Å²) >= 11 is 0. The summed E-state index contributed by atoms with van der Waals surface area (Å²) in [7, 11) is -3.10. The molecular formula is C12H19N3O4S. The molecule has 8 heteroatoms. The van der Waals surface area contributed by atoms with Crippen molar-refractivity contribution < 1.29 is 17.7 Å². The van der Waals surface area contributed by atoms with Crippen molar-refractivity contribution in [2.24, 2.45) is 0 Å². The molecule has 0 unspecified atom stereocenters. The summed E-state index contributed by atoms with van der Waals surface area (Å²) in [5.74, 6) is 1.14. The van der Waals surface area contributed by atoms with Crippen LogP contribution in [-0.2, 0) is 14.8 Å². The first kappa shape index (κ1) is 14.0. The first-order valence-corrected chi connectivity index (χ1v) is 8.66. The summed E-state index contributed by atoms with van der Waals surface area (Å²) in [5.41, 5.74) is -0.228. The van der Waals surface area contributed by atoms with Gasteiger partial charge in [-0.3, -0.25) is 0 Å². The van der Waals surface area contributed by atoms with E-state index >= 15 is 0 Å². The largest absolute Gasteiger partial charge is 0.362 e. The minimum Gasteiger partial charge on any atom is -0.362 e. The maximum absolute atomic E-state index is 11.5. The van der Waals surface area contributed by atoms with Gasteiger partial charge in [-0.05, 0) is 32.6 Å². The van der Waals surface area contributed by atoms with Crippen LogP contribution in [0.2, 0.25) is 0 Å². The number of rotatable bonds is 2. The second-order valence-electron chi connectivity index (χ2n) is 5.67. The molecule has 3 heterocycles. The van der Waals surface area contributed by atoms with E-state index in [1.54, 1.807) is 6.92 Å². The van der Waals surface area contributed by atoms with Gasteiger partial charge < -0.3 is 9.26 Å². The molecule has 7 nitrogen and oxygen atoms in total. The van der Waals surface area contributed by atoms with E-state index in [0.717, 1.165) is 25.7 Å². The highest BCUT2D eigenvalue weighted by Gasteiger charge is 2.45. The molecule has 0 amide bonds. The number of ether oxygens (including phenoxy) is 1. The van der Waals surface area contributed by atoms with E-state index in [-0.39, 0.29) is 11.7 Å². The van der Waals surface area contributed by atoms with Crippen molar-refractivity contribution in [1.82, 2.24) is 14.4 Å². The van der Waals surface area contributed by atoms with E-state index in [1.807, 2.05) is 0 Å². The van der Waals surface area contributed by atoms with E-state index < -0.39 is 10.0 Å². The van der Waals surface area contributed by atoms with Crippen molar-refractivity contribution in [3.05, 3.63) is 11.7 Å². The lowest BCUT2D eigenvalue weighted by molar-refractivity contribution is -0.0778. The third kappa shape index (κ3) is 2.59. The van der Waals surface area contributed by atoms with Gasteiger partial charge in [-0.2, -0.15) is 4.98 Å². The summed E-state index contributed by atoms with van der Waals surface area (Å²) < 4.78 is 35.9. The SMILES string of the molecule is Cc1noc([C@H]2CCC3(CCN(S(C)(=O)=O)CC3)O2)n1. The molecule has 0 N–H and O–H groups in total. The van der Waals surface area contributed by atoms with Crippen LogP contribution >= 0.6 is 0 Å². The maximum Gasteiger partial charge on any atom is 0.255 e. The van der Waals surface area contributed by atoms with Gasteiger partial charge in [-0.15, -0.1) is 0 Å². The Kier molecular flexibility index (Phi) is 3.34. The van der Waals surface area contributed by atoms with Crippen LogP contribution in [0.15, 0.2) is 4.52 Å². The maximum atomic E-state index is 11.5. The molecule has 2 fully saturated rings. The fourth-order valence-corrected chi connectivity index (χ4v) is 3.87. The van der Waals surface area contributed by atoms with Crippen LogP contribution in [0.25, 0.3) is 0 Å². The van der Waals surface area contributed by atoms with Crippen LogP contribution in [-0.4, -0.2) is 47.8 Å². The molecule has 2 saturated heterocycles. The van der Waals surface area contributed by atoms with E-state index in [1.165, 1.54) is 10.6 Å². The Labute approximate surface area is 118 Å². The lowest BCUT2D eigenvalue weighted by Gasteiger charge is -2.37. The summed E-state index contributed by atoms with van der Waals surface area (Å²) in [4.78, 5) is 4.22. The van der Waals surface area contributed by atoms with Crippen LogP contribution in [0.1, 0.15) is 43.5 Å². The average Bonchev–Trinajstić information content (AvgIpc) is 2.96. The first-order valence-electron chi connectivity index (χ1n) is 6.81. The normalized spacial score (nSPS) is 27.2. The molecule has 0 aromatic carbocycles. The molecule has 3 rings (SSSR count). The summed E-state index contributed by atoms with van der Waals surface area (Å²) in [6.07, 6.45) is 4.32. The van der Waals surface area contributed by atoms with Gasteiger partial charge in [0.2, 0.25) is 10.0 Å². The highest BCUT2D eigenvalue weighted by Crippen LogP contribution is 2.44. The van der Waals surface area contributed by atoms with Gasteiger partial charge in [-0.25, -0.2) is 12.7 Å². The molecular weight excluding hydrogens is 282 g/mol. The Morgan fingerprint density at radius 1 is 1.30 bits per heavy atom. The Morgan fingerprint density at radius 3 is 2.55 bits per heavy atom. The van der Waals surface area contributed by atoms with E-state index in [9.17, 15) is 8.42 Å². The molecule has 0 radical (unpaired) electrons. The smallest absolute Gasteiger partial charge is 0.255 e. The van der Waals surface area contributed by atoms with Crippen molar-refractivity contribution in [3.63, 3.8) is 0 Å². The minimum atomic E-state index is -3.10. The molecule has 0 bridgehead atoms. The van der Waals surface area contributed by atoms with Gasteiger partial charge in [0.05, 0.1) is 11.9 Å². The molecule has 2 aliphatic heterocycles. The quantitative estimate of drug-likeness (QED) is 0.811. The Morgan fingerprint density at radius 2 is 2.00 bits per heavy atom. The lowest BCUT2D eigenvalue weighted by Crippen LogP contribution is -2.46. The van der Waals surface area contributed by atoms with E-state index in [0.29, 0.717) is 24.8 Å². The van der Waals surface area contributed by atoms with E-state index in [4.69, 9.17) is 9.26 Å². The zero-order valence-electron chi connectivity index (χ0n) is 11.7. The van der Waals surface area contributed by atoms with Crippen molar-refractivity contribution >= 4 is 10.0 Å². The number of piperidine rings is 1. The topological polar surface area (TPSA) is 85.5 Å². The van der Waals surface area contributed by atoms with Gasteiger partial charge >= 0.3 is 0 Å². The zero-order chi connectivity index (χ0) is 14.4. The zero-order valence-corrected chi connectivity index (χ0v) is 12.5. The average molecular weight is 301 g/mol. The van der Waals surface area contributed by atoms with Gasteiger partial charge in [0.1, 0.15) is 6.10 Å². The number of hydrogen-bond acceptors (Lipinski definition) is 6. The third-order valence-corrected chi connectivity index (χ3v) is 5.48. The van der Waals surface area contributed by atoms with Gasteiger partial charge in [0.15, 0.2) is 5.82 Å². The molecule has 112 valence electrons. The van der Waals surface area contributed by atoms with Gasteiger partial charge in [0.25, 0.3) is 5.89 Å². The van der Waals surface area contributed by atoms with E-state index in [2.05, 4.69) is 10.1 Å². The Hall–Kier alpha value is -0.990. The fraction of sp³-hybridized carbons (Fsp3) is 0.833. The van der Waals surface area contributed by atoms with Gasteiger partial charge in [-0.1, -0.05) is 5.16 Å². The molecule has 0 aliphatic carbocycles. The van der Waals surface area contributed by atoms with Crippen LogP contribution in [0.3, 0.4) is 0 Å². The van der Waals surface area contributed by atoms with Crippen LogP contribution in [0.4, 0.5) is 0 Å². The fourth-order valence-electron chi connectivity index (χ4n) is 3.02. The van der Waals surface area contributed by atoms with Crippen molar-refractivity contribution in [2.75, 3.05) is 19.3 Å². The molecule has 0 saturated carbocycles. The molecule has 1 spiro atoms. The lowest BCUT2D eigenvalue weighted by atomic mass is 9.89. The van der Waals surface area contributed by atoms with Crippen LogP contribution in [0, 0.1) is 6.92 Å². The first-order chi connectivity index (χ1) is 9.38. The standard InChI is InChI=1S/C12H19N3O4S/c1-9-13-11(19-14-9)10-3-4-12(18-10)5-7-15(8-6-12)20(2,16)17/h10H,3-8H2,1-2H3/t10-/m1/s1. The Balaban J connectivity index is 1.66. The molecule has 1 aromatic heterocycles. The molecule has 20 heavy (non-hydrogen) atoms. The summed E-state index contributed by atoms with van der Waals surface area (Å²) in [5, 5.41) is 3.79. The highest BCUT2D eigenvalue weighted by atomic mass is 32.2. The van der Waals surface area contributed by atoms with Gasteiger partial charge in [0, 0.05) is 13.1 Å². The number of sulfonamides is 1. The number of aromatic nitrogens is 2. The summed E-state index contributed by atoms with van der Waals surface area (Å²) in [6.45, 7) is 2.82.